The van der Waals surface area contributed by atoms with Crippen molar-refractivity contribution in [3.8, 4) is 0 Å². The second-order valence-electron chi connectivity index (χ2n) is 6.49. The first-order valence-electron chi connectivity index (χ1n) is 7.94. The van der Waals surface area contributed by atoms with Gasteiger partial charge in [-0.3, -0.25) is 0 Å². The van der Waals surface area contributed by atoms with Gasteiger partial charge in [0.1, 0.15) is 0 Å². The Balaban J connectivity index is 1.88. The highest BCUT2D eigenvalue weighted by Crippen LogP contribution is 2.52. The number of nitrogens with one attached hydrogen (secondary N) is 1. The van der Waals surface area contributed by atoms with E-state index in [0.29, 0.717) is 11.8 Å². The monoisotopic (exact) mass is 309 g/mol. The van der Waals surface area contributed by atoms with Crippen LogP contribution in [0.2, 0.25) is 5.02 Å². The molecule has 2 heteroatoms. The van der Waals surface area contributed by atoms with E-state index < -0.39 is 0 Å². The van der Waals surface area contributed by atoms with Gasteiger partial charge < -0.3 is 5.32 Å². The lowest BCUT2D eigenvalue weighted by atomic mass is 9.75. The predicted octanol–water partition coefficient (Wildman–Crippen LogP) is 5.78. The van der Waals surface area contributed by atoms with Gasteiger partial charge in [-0.05, 0) is 54.5 Å². The normalized spacial score (nSPS) is 25.5. The van der Waals surface area contributed by atoms with Gasteiger partial charge in [0.05, 0.1) is 6.04 Å². The SMILES string of the molecule is Cc1ccc(C)c2c1N[C@H](c1ccccc1Cl)[C@@H]1CC=C[C@H]21. The van der Waals surface area contributed by atoms with Crippen molar-refractivity contribution in [3.05, 3.63) is 75.8 Å². The molecule has 0 saturated heterocycles. The number of hydrogen-bond acceptors (Lipinski definition) is 1. The van der Waals surface area contributed by atoms with Gasteiger partial charge in [-0.1, -0.05) is 54.1 Å². The van der Waals surface area contributed by atoms with Gasteiger partial charge in [-0.15, -0.1) is 0 Å². The first kappa shape index (κ1) is 13.9. The zero-order valence-electron chi connectivity index (χ0n) is 12.9. The average molecular weight is 310 g/mol. The Morgan fingerprint density at radius 3 is 2.64 bits per heavy atom. The van der Waals surface area contributed by atoms with Crippen LogP contribution in [0.15, 0.2) is 48.6 Å². The Morgan fingerprint density at radius 2 is 1.82 bits per heavy atom. The fraction of sp³-hybridized carbons (Fsp3) is 0.300. The average Bonchev–Trinajstić information content (AvgIpc) is 3.00. The minimum Gasteiger partial charge on any atom is -0.377 e. The van der Waals surface area contributed by atoms with E-state index in [2.05, 4.69) is 55.6 Å². The minimum absolute atomic E-state index is 0.279. The number of allylic oxidation sites excluding steroid dienone is 2. The first-order valence-corrected chi connectivity index (χ1v) is 8.32. The summed E-state index contributed by atoms with van der Waals surface area (Å²) in [6, 6.07) is 13.0. The molecule has 0 spiro atoms. The van der Waals surface area contributed by atoms with Gasteiger partial charge in [0.2, 0.25) is 0 Å². The maximum absolute atomic E-state index is 6.49. The topological polar surface area (TPSA) is 12.0 Å². The molecule has 0 unspecified atom stereocenters. The molecule has 4 rings (SSSR count). The van der Waals surface area contributed by atoms with E-state index in [1.165, 1.54) is 27.9 Å². The summed E-state index contributed by atoms with van der Waals surface area (Å²) in [6.07, 6.45) is 5.83. The zero-order valence-corrected chi connectivity index (χ0v) is 13.7. The summed E-state index contributed by atoms with van der Waals surface area (Å²) in [5.41, 5.74) is 6.69. The number of benzene rings is 2. The smallest absolute Gasteiger partial charge is 0.0568 e. The van der Waals surface area contributed by atoms with Gasteiger partial charge in [-0.25, -0.2) is 0 Å². The molecule has 0 saturated carbocycles. The van der Waals surface area contributed by atoms with Gasteiger partial charge in [0, 0.05) is 16.6 Å². The lowest BCUT2D eigenvalue weighted by Crippen LogP contribution is -2.30. The number of fused-ring (bicyclic) bond motifs is 3. The second-order valence-corrected chi connectivity index (χ2v) is 6.89. The summed E-state index contributed by atoms with van der Waals surface area (Å²) >= 11 is 6.49. The van der Waals surface area contributed by atoms with Gasteiger partial charge in [0.25, 0.3) is 0 Å². The third-order valence-corrected chi connectivity index (χ3v) is 5.53. The Morgan fingerprint density at radius 1 is 1.05 bits per heavy atom. The highest BCUT2D eigenvalue weighted by atomic mass is 35.5. The molecule has 3 atom stereocenters. The van der Waals surface area contributed by atoms with Crippen molar-refractivity contribution in [2.45, 2.75) is 32.2 Å². The molecular weight excluding hydrogens is 290 g/mol. The third kappa shape index (κ3) is 1.99. The molecule has 1 heterocycles. The molecule has 0 bridgehead atoms. The molecular formula is C20H20ClN. The second kappa shape index (κ2) is 5.17. The van der Waals surface area contributed by atoms with Gasteiger partial charge in [0.15, 0.2) is 0 Å². The van der Waals surface area contributed by atoms with Crippen molar-refractivity contribution >= 4 is 17.3 Å². The van der Waals surface area contributed by atoms with Crippen LogP contribution in [0.4, 0.5) is 5.69 Å². The molecule has 22 heavy (non-hydrogen) atoms. The van der Waals surface area contributed by atoms with Crippen LogP contribution in [0.5, 0.6) is 0 Å². The van der Waals surface area contributed by atoms with Crippen LogP contribution in [-0.4, -0.2) is 0 Å². The molecule has 1 aliphatic heterocycles. The standard InChI is InChI=1S/C20H20ClN/c1-12-10-11-13(2)19-18(12)14-7-5-8-15(14)20(22-19)16-6-3-4-9-17(16)21/h3-7,9-11,14-15,20,22H,8H2,1-2H3/t14-,15+,20-/m0/s1. The molecule has 1 aliphatic carbocycles. The van der Waals surface area contributed by atoms with Gasteiger partial charge in [-0.2, -0.15) is 0 Å². The summed E-state index contributed by atoms with van der Waals surface area (Å²) in [6.45, 7) is 4.41. The minimum atomic E-state index is 0.279. The largest absolute Gasteiger partial charge is 0.377 e. The van der Waals surface area contributed by atoms with Crippen LogP contribution in [0.1, 0.15) is 40.6 Å². The van der Waals surface area contributed by atoms with Crippen LogP contribution >= 0.6 is 11.6 Å². The maximum atomic E-state index is 6.49. The van der Waals surface area contributed by atoms with E-state index in [9.17, 15) is 0 Å². The van der Waals surface area contributed by atoms with Crippen molar-refractivity contribution in [1.82, 2.24) is 0 Å². The van der Waals surface area contributed by atoms with Crippen LogP contribution in [0, 0.1) is 19.8 Å². The highest BCUT2D eigenvalue weighted by Gasteiger charge is 2.39. The van der Waals surface area contributed by atoms with Crippen molar-refractivity contribution in [1.29, 1.82) is 0 Å². The van der Waals surface area contributed by atoms with Gasteiger partial charge >= 0.3 is 0 Å². The molecule has 1 nitrogen and oxygen atoms in total. The fourth-order valence-electron chi connectivity index (χ4n) is 4.08. The summed E-state index contributed by atoms with van der Waals surface area (Å²) in [4.78, 5) is 0. The number of anilines is 1. The van der Waals surface area contributed by atoms with Crippen molar-refractivity contribution in [2.75, 3.05) is 5.32 Å². The van der Waals surface area contributed by atoms with E-state index in [-0.39, 0.29) is 6.04 Å². The summed E-state index contributed by atoms with van der Waals surface area (Å²) in [5.74, 6) is 1.05. The maximum Gasteiger partial charge on any atom is 0.0568 e. The Kier molecular flexibility index (Phi) is 3.27. The third-order valence-electron chi connectivity index (χ3n) is 5.19. The molecule has 0 amide bonds. The fourth-order valence-corrected chi connectivity index (χ4v) is 4.33. The van der Waals surface area contributed by atoms with E-state index >= 15 is 0 Å². The van der Waals surface area contributed by atoms with E-state index in [1.54, 1.807) is 0 Å². The Hall–Kier alpha value is -1.73. The number of hydrogen-bond donors (Lipinski definition) is 1. The van der Waals surface area contributed by atoms with Crippen LogP contribution in [0.25, 0.3) is 0 Å². The highest BCUT2D eigenvalue weighted by molar-refractivity contribution is 6.31. The van der Waals surface area contributed by atoms with Crippen molar-refractivity contribution in [3.63, 3.8) is 0 Å². The summed E-state index contributed by atoms with van der Waals surface area (Å²) in [7, 11) is 0. The molecule has 112 valence electrons. The Bertz CT molecular complexity index is 762. The quantitative estimate of drug-likeness (QED) is 0.658. The number of aryl methyl sites for hydroxylation is 2. The number of halogens is 1. The zero-order chi connectivity index (χ0) is 15.3. The lowest BCUT2D eigenvalue weighted by molar-refractivity contribution is 0.424. The molecule has 1 N–H and O–H groups in total. The predicted molar refractivity (Wildman–Crippen MR) is 93.7 cm³/mol. The molecule has 2 aromatic carbocycles. The molecule has 0 fully saturated rings. The van der Waals surface area contributed by atoms with Crippen LogP contribution < -0.4 is 5.32 Å². The lowest BCUT2D eigenvalue weighted by Gasteiger charge is -2.39. The molecule has 2 aromatic rings. The summed E-state index contributed by atoms with van der Waals surface area (Å²) in [5, 5.41) is 4.67. The van der Waals surface area contributed by atoms with E-state index in [1.807, 2.05) is 12.1 Å². The summed E-state index contributed by atoms with van der Waals surface area (Å²) < 4.78 is 0. The molecule has 0 aromatic heterocycles. The molecule has 2 aliphatic rings. The first-order chi connectivity index (χ1) is 10.7. The van der Waals surface area contributed by atoms with E-state index in [0.717, 1.165) is 11.4 Å². The van der Waals surface area contributed by atoms with Crippen molar-refractivity contribution < 1.29 is 0 Å². The number of rotatable bonds is 1. The Labute approximate surface area is 137 Å². The molecule has 0 radical (unpaired) electrons. The van der Waals surface area contributed by atoms with E-state index in [4.69, 9.17) is 11.6 Å². The van der Waals surface area contributed by atoms with Crippen LogP contribution in [0.3, 0.4) is 0 Å². The van der Waals surface area contributed by atoms with Crippen LogP contribution in [-0.2, 0) is 0 Å². The van der Waals surface area contributed by atoms with Crippen molar-refractivity contribution in [2.24, 2.45) is 5.92 Å².